The van der Waals surface area contributed by atoms with E-state index >= 15 is 0 Å². The highest BCUT2D eigenvalue weighted by Crippen LogP contribution is 1.99. The van der Waals surface area contributed by atoms with Crippen molar-refractivity contribution in [3.63, 3.8) is 0 Å². The SMILES string of the molecule is CCOc1ccn(CC)c(=O)n1. The number of aromatic nitrogens is 2. The van der Waals surface area contributed by atoms with Crippen LogP contribution in [0.15, 0.2) is 17.1 Å². The molecule has 0 atom stereocenters. The summed E-state index contributed by atoms with van der Waals surface area (Å²) in [6, 6.07) is 1.69. The number of nitrogens with zero attached hydrogens (tertiary/aromatic N) is 2. The van der Waals surface area contributed by atoms with E-state index in [0.717, 1.165) is 0 Å². The summed E-state index contributed by atoms with van der Waals surface area (Å²) in [5.41, 5.74) is -0.261. The maximum Gasteiger partial charge on any atom is 0.350 e. The van der Waals surface area contributed by atoms with Crippen molar-refractivity contribution in [1.82, 2.24) is 9.55 Å². The molecule has 0 bridgehead atoms. The van der Waals surface area contributed by atoms with Crippen LogP contribution >= 0.6 is 0 Å². The molecule has 12 heavy (non-hydrogen) atoms. The summed E-state index contributed by atoms with van der Waals surface area (Å²) in [6.45, 7) is 4.91. The highest BCUT2D eigenvalue weighted by Gasteiger charge is 1.97. The molecule has 4 nitrogen and oxygen atoms in total. The van der Waals surface area contributed by atoms with Gasteiger partial charge in [0, 0.05) is 18.8 Å². The lowest BCUT2D eigenvalue weighted by Crippen LogP contribution is -2.21. The molecule has 0 spiro atoms. The van der Waals surface area contributed by atoms with E-state index in [1.165, 1.54) is 4.57 Å². The molecule has 0 N–H and O–H groups in total. The van der Waals surface area contributed by atoms with Crippen molar-refractivity contribution in [2.75, 3.05) is 6.61 Å². The average molecular weight is 168 g/mol. The van der Waals surface area contributed by atoms with Gasteiger partial charge in [-0.25, -0.2) is 4.79 Å². The van der Waals surface area contributed by atoms with Gasteiger partial charge in [-0.2, -0.15) is 4.98 Å². The summed E-state index contributed by atoms with van der Waals surface area (Å²) >= 11 is 0. The molecule has 0 saturated heterocycles. The third-order valence-electron chi connectivity index (χ3n) is 1.48. The fourth-order valence-corrected chi connectivity index (χ4v) is 0.882. The predicted molar refractivity (Wildman–Crippen MR) is 45.3 cm³/mol. The van der Waals surface area contributed by atoms with Crippen molar-refractivity contribution in [3.8, 4) is 5.88 Å². The molecule has 0 aliphatic rings. The number of rotatable bonds is 3. The van der Waals surface area contributed by atoms with Crippen LogP contribution in [0.2, 0.25) is 0 Å². The van der Waals surface area contributed by atoms with Gasteiger partial charge < -0.3 is 4.74 Å². The fraction of sp³-hybridized carbons (Fsp3) is 0.500. The van der Waals surface area contributed by atoms with Gasteiger partial charge in [0.15, 0.2) is 0 Å². The van der Waals surface area contributed by atoms with E-state index in [1.807, 2.05) is 13.8 Å². The van der Waals surface area contributed by atoms with Crippen molar-refractivity contribution < 1.29 is 4.74 Å². The quantitative estimate of drug-likeness (QED) is 0.666. The monoisotopic (exact) mass is 168 g/mol. The molecule has 0 saturated carbocycles. The second-order valence-corrected chi connectivity index (χ2v) is 2.27. The van der Waals surface area contributed by atoms with Crippen molar-refractivity contribution >= 4 is 0 Å². The standard InChI is InChI=1S/C8H12N2O2/c1-3-10-6-5-7(12-4-2)9-8(10)11/h5-6H,3-4H2,1-2H3. The largest absolute Gasteiger partial charge is 0.478 e. The molecule has 0 aromatic carbocycles. The van der Waals surface area contributed by atoms with Gasteiger partial charge >= 0.3 is 5.69 Å². The lowest BCUT2D eigenvalue weighted by molar-refractivity contribution is 0.323. The van der Waals surface area contributed by atoms with Gasteiger partial charge in [0.05, 0.1) is 6.61 Å². The fourth-order valence-electron chi connectivity index (χ4n) is 0.882. The van der Waals surface area contributed by atoms with Crippen molar-refractivity contribution in [2.45, 2.75) is 20.4 Å². The summed E-state index contributed by atoms with van der Waals surface area (Å²) in [6.07, 6.45) is 1.68. The maximum atomic E-state index is 11.1. The van der Waals surface area contributed by atoms with Crippen molar-refractivity contribution in [3.05, 3.63) is 22.7 Å². The second-order valence-electron chi connectivity index (χ2n) is 2.27. The Hall–Kier alpha value is -1.32. The predicted octanol–water partition coefficient (Wildman–Crippen LogP) is 0.662. The highest BCUT2D eigenvalue weighted by molar-refractivity contribution is 5.05. The summed E-state index contributed by atoms with van der Waals surface area (Å²) in [5, 5.41) is 0. The molecule has 66 valence electrons. The zero-order chi connectivity index (χ0) is 8.97. The average Bonchev–Trinajstić information content (AvgIpc) is 2.05. The first-order valence-electron chi connectivity index (χ1n) is 3.98. The van der Waals surface area contributed by atoms with E-state index in [2.05, 4.69) is 4.98 Å². The van der Waals surface area contributed by atoms with Crippen molar-refractivity contribution in [1.29, 1.82) is 0 Å². The Bertz CT molecular complexity index is 306. The van der Waals surface area contributed by atoms with Gasteiger partial charge in [-0.3, -0.25) is 4.57 Å². The highest BCUT2D eigenvalue weighted by atomic mass is 16.5. The summed E-state index contributed by atoms with van der Waals surface area (Å²) in [5.74, 6) is 0.396. The van der Waals surface area contributed by atoms with E-state index in [0.29, 0.717) is 19.0 Å². The van der Waals surface area contributed by atoms with Gasteiger partial charge in [0.1, 0.15) is 0 Å². The van der Waals surface area contributed by atoms with Gasteiger partial charge in [-0.15, -0.1) is 0 Å². The van der Waals surface area contributed by atoms with Gasteiger partial charge in [-0.1, -0.05) is 0 Å². The Morgan fingerprint density at radius 1 is 1.58 bits per heavy atom. The molecule has 1 aromatic rings. The first-order chi connectivity index (χ1) is 5.77. The van der Waals surface area contributed by atoms with E-state index in [4.69, 9.17) is 4.74 Å². The summed E-state index contributed by atoms with van der Waals surface area (Å²) in [7, 11) is 0. The minimum absolute atomic E-state index is 0.261. The molecular weight excluding hydrogens is 156 g/mol. The van der Waals surface area contributed by atoms with E-state index in [-0.39, 0.29) is 5.69 Å². The van der Waals surface area contributed by atoms with E-state index < -0.39 is 0 Å². The second kappa shape index (κ2) is 3.90. The number of ether oxygens (including phenoxy) is 1. The Balaban J connectivity index is 2.94. The molecule has 0 radical (unpaired) electrons. The number of hydrogen-bond donors (Lipinski definition) is 0. The molecule has 0 fully saturated rings. The van der Waals surface area contributed by atoms with Crippen LogP contribution in [0.25, 0.3) is 0 Å². The Labute approximate surface area is 70.8 Å². The van der Waals surface area contributed by atoms with Crippen LogP contribution in [0.4, 0.5) is 0 Å². The van der Waals surface area contributed by atoms with Crippen LogP contribution < -0.4 is 10.4 Å². The molecule has 0 unspecified atom stereocenters. The Morgan fingerprint density at radius 3 is 2.83 bits per heavy atom. The summed E-state index contributed by atoms with van der Waals surface area (Å²) < 4.78 is 6.58. The minimum Gasteiger partial charge on any atom is -0.478 e. The third-order valence-corrected chi connectivity index (χ3v) is 1.48. The maximum absolute atomic E-state index is 11.1. The van der Waals surface area contributed by atoms with Crippen LogP contribution in [-0.2, 0) is 6.54 Å². The molecule has 0 aliphatic heterocycles. The Morgan fingerprint density at radius 2 is 2.33 bits per heavy atom. The normalized spacial score (nSPS) is 9.83. The van der Waals surface area contributed by atoms with Crippen LogP contribution in [-0.4, -0.2) is 16.2 Å². The molecule has 4 heteroatoms. The summed E-state index contributed by atoms with van der Waals surface area (Å²) in [4.78, 5) is 14.8. The topological polar surface area (TPSA) is 44.1 Å². The van der Waals surface area contributed by atoms with E-state index in [1.54, 1.807) is 12.3 Å². The lowest BCUT2D eigenvalue weighted by atomic mass is 10.6. The smallest absolute Gasteiger partial charge is 0.350 e. The molecule has 1 heterocycles. The van der Waals surface area contributed by atoms with Crippen LogP contribution in [0.3, 0.4) is 0 Å². The van der Waals surface area contributed by atoms with Crippen LogP contribution in [0.5, 0.6) is 5.88 Å². The number of aryl methyl sites for hydroxylation is 1. The molecule has 1 aromatic heterocycles. The van der Waals surface area contributed by atoms with Gasteiger partial charge in [0.2, 0.25) is 5.88 Å². The molecule has 0 amide bonds. The lowest BCUT2D eigenvalue weighted by Gasteiger charge is -2.02. The first kappa shape index (κ1) is 8.77. The molecular formula is C8H12N2O2. The first-order valence-corrected chi connectivity index (χ1v) is 3.98. The minimum atomic E-state index is -0.261. The molecule has 0 aliphatic carbocycles. The zero-order valence-electron chi connectivity index (χ0n) is 7.28. The van der Waals surface area contributed by atoms with Crippen LogP contribution in [0, 0.1) is 0 Å². The zero-order valence-corrected chi connectivity index (χ0v) is 7.28. The molecule has 1 rings (SSSR count). The van der Waals surface area contributed by atoms with E-state index in [9.17, 15) is 4.79 Å². The number of hydrogen-bond acceptors (Lipinski definition) is 3. The van der Waals surface area contributed by atoms with Gasteiger partial charge in [-0.05, 0) is 13.8 Å². The van der Waals surface area contributed by atoms with Crippen molar-refractivity contribution in [2.24, 2.45) is 0 Å². The Kier molecular flexibility index (Phi) is 2.85. The van der Waals surface area contributed by atoms with Gasteiger partial charge in [0.25, 0.3) is 0 Å². The third kappa shape index (κ3) is 1.84. The van der Waals surface area contributed by atoms with Crippen LogP contribution in [0.1, 0.15) is 13.8 Å².